The number of carbonyl (C=O) groups is 1. The predicted octanol–water partition coefficient (Wildman–Crippen LogP) is 1.88. The Balaban J connectivity index is 0.00000288. The molecule has 0 aliphatic heterocycles. The first-order valence-corrected chi connectivity index (χ1v) is 6.93. The van der Waals surface area contributed by atoms with Crippen LogP contribution in [0.5, 0.6) is 0 Å². The van der Waals surface area contributed by atoms with E-state index in [0.717, 1.165) is 5.69 Å². The molecule has 1 aromatic carbocycles. The highest BCUT2D eigenvalue weighted by Gasteiger charge is 2.13. The number of carbonyl (C=O) groups excluding carboxylic acids is 1. The minimum atomic E-state index is -0.459. The van der Waals surface area contributed by atoms with E-state index in [1.165, 1.54) is 0 Å². The van der Waals surface area contributed by atoms with Crippen LogP contribution in [0.15, 0.2) is 36.4 Å². The van der Waals surface area contributed by atoms with Crippen molar-refractivity contribution in [1.29, 1.82) is 10.7 Å². The average molecular weight is 383 g/mol. The third kappa shape index (κ3) is 5.50. The van der Waals surface area contributed by atoms with Crippen molar-refractivity contribution in [3.63, 3.8) is 0 Å². The molecule has 7 nitrogen and oxygen atoms in total. The van der Waals surface area contributed by atoms with Crippen LogP contribution in [0.2, 0.25) is 0 Å². The van der Waals surface area contributed by atoms with Crippen molar-refractivity contribution in [2.45, 2.75) is 6.54 Å². The summed E-state index contributed by atoms with van der Waals surface area (Å²) in [6.07, 6.45) is 0. The van der Waals surface area contributed by atoms with Gasteiger partial charge in [-0.05, 0) is 44.4 Å². The van der Waals surface area contributed by atoms with Gasteiger partial charge in [-0.15, -0.1) is 24.8 Å². The Morgan fingerprint density at radius 3 is 2.56 bits per heavy atom. The zero-order valence-corrected chi connectivity index (χ0v) is 15.4. The maximum absolute atomic E-state index is 12.0. The molecule has 0 bridgehead atoms. The molecular weight excluding hydrogens is 363 g/mol. The fourth-order valence-corrected chi connectivity index (χ4v) is 2.30. The molecule has 0 aliphatic rings. The normalized spacial score (nSPS) is 9.52. The fraction of sp³-hybridized carbons (Fsp3) is 0.188. The molecule has 0 radical (unpaired) electrons. The lowest BCUT2D eigenvalue weighted by Gasteiger charge is -2.15. The zero-order chi connectivity index (χ0) is 17.0. The Morgan fingerprint density at radius 2 is 2.00 bits per heavy atom. The van der Waals surface area contributed by atoms with Crippen molar-refractivity contribution < 1.29 is 4.79 Å². The molecule has 2 aromatic rings. The van der Waals surface area contributed by atoms with E-state index in [1.807, 2.05) is 35.7 Å². The summed E-state index contributed by atoms with van der Waals surface area (Å²) in [5, 5.41) is 18.7. The first-order valence-electron chi connectivity index (χ1n) is 6.93. The van der Waals surface area contributed by atoms with Crippen molar-refractivity contribution in [2.75, 3.05) is 14.1 Å². The van der Waals surface area contributed by atoms with Gasteiger partial charge in [0, 0.05) is 23.5 Å². The second-order valence-electron chi connectivity index (χ2n) is 5.31. The summed E-state index contributed by atoms with van der Waals surface area (Å²) in [6.45, 7) is 0.658. The van der Waals surface area contributed by atoms with Crippen LogP contribution < -0.4 is 11.1 Å². The van der Waals surface area contributed by atoms with Gasteiger partial charge in [-0.25, -0.2) is 0 Å². The summed E-state index contributed by atoms with van der Waals surface area (Å²) in [4.78, 5) is 14.0. The van der Waals surface area contributed by atoms with Crippen LogP contribution in [0.1, 0.15) is 21.7 Å². The Bertz CT molecular complexity index is 794. The molecule has 0 atom stereocenters. The summed E-state index contributed by atoms with van der Waals surface area (Å²) < 4.78 is 1.81. The molecule has 0 fully saturated rings. The number of aromatic nitrogens is 1. The SMILES string of the molecule is CN(C)Cc1ccc(C#N)n1-c1cccc(C(=O)NC(=N)N)c1.Cl.Cl. The average Bonchev–Trinajstić information content (AvgIpc) is 2.88. The van der Waals surface area contributed by atoms with Gasteiger partial charge >= 0.3 is 0 Å². The third-order valence-corrected chi connectivity index (χ3v) is 3.17. The largest absolute Gasteiger partial charge is 0.370 e. The number of hydrogen-bond acceptors (Lipinski definition) is 4. The van der Waals surface area contributed by atoms with Crippen molar-refractivity contribution in [2.24, 2.45) is 5.73 Å². The molecule has 25 heavy (non-hydrogen) atoms. The Kier molecular flexibility index (Phi) is 8.71. The molecule has 0 saturated carbocycles. The molecule has 134 valence electrons. The number of amides is 1. The molecule has 1 heterocycles. The number of guanidine groups is 1. The first kappa shape index (κ1) is 22.5. The Labute approximate surface area is 158 Å². The Morgan fingerprint density at radius 1 is 1.32 bits per heavy atom. The molecule has 1 aromatic heterocycles. The number of rotatable bonds is 4. The van der Waals surface area contributed by atoms with Crippen LogP contribution in [-0.2, 0) is 6.54 Å². The van der Waals surface area contributed by atoms with Crippen LogP contribution in [0.3, 0.4) is 0 Å². The van der Waals surface area contributed by atoms with Crippen molar-refractivity contribution >= 4 is 36.7 Å². The second kappa shape index (κ2) is 9.69. The molecule has 0 unspecified atom stereocenters. The number of halogens is 2. The lowest BCUT2D eigenvalue weighted by molar-refractivity contribution is 0.0976. The van der Waals surface area contributed by atoms with Crippen LogP contribution in [0.25, 0.3) is 5.69 Å². The Hall–Kier alpha value is -2.53. The molecule has 4 N–H and O–H groups in total. The number of nitriles is 1. The number of nitrogens with zero attached hydrogens (tertiary/aromatic N) is 3. The van der Waals surface area contributed by atoms with Gasteiger partial charge in [-0.2, -0.15) is 5.26 Å². The number of hydrogen-bond donors (Lipinski definition) is 3. The lowest BCUT2D eigenvalue weighted by atomic mass is 10.2. The van der Waals surface area contributed by atoms with Crippen LogP contribution in [0, 0.1) is 16.7 Å². The molecule has 1 amide bonds. The van der Waals surface area contributed by atoms with E-state index >= 15 is 0 Å². The summed E-state index contributed by atoms with van der Waals surface area (Å²) in [5.41, 5.74) is 7.69. The minimum Gasteiger partial charge on any atom is -0.370 e. The van der Waals surface area contributed by atoms with E-state index in [9.17, 15) is 10.1 Å². The van der Waals surface area contributed by atoms with E-state index in [1.54, 1.807) is 24.3 Å². The van der Waals surface area contributed by atoms with E-state index in [-0.39, 0.29) is 24.8 Å². The van der Waals surface area contributed by atoms with Crippen molar-refractivity contribution in [3.8, 4) is 11.8 Å². The standard InChI is InChI=1S/C16H18N6O.2ClH/c1-21(2)10-14-7-6-13(9-17)22(14)12-5-3-4-11(8-12)15(23)20-16(18)19;;/h3-8H,10H2,1-2H3,(H4,18,19,20,23);2*1H. The van der Waals surface area contributed by atoms with E-state index in [4.69, 9.17) is 11.1 Å². The van der Waals surface area contributed by atoms with Gasteiger partial charge in [-0.1, -0.05) is 6.07 Å². The maximum Gasteiger partial charge on any atom is 0.258 e. The zero-order valence-electron chi connectivity index (χ0n) is 13.8. The van der Waals surface area contributed by atoms with Gasteiger partial charge in [0.15, 0.2) is 5.96 Å². The quantitative estimate of drug-likeness (QED) is 0.553. The van der Waals surface area contributed by atoms with Crippen LogP contribution >= 0.6 is 24.8 Å². The summed E-state index contributed by atoms with van der Waals surface area (Å²) in [6, 6.07) is 12.6. The smallest absolute Gasteiger partial charge is 0.258 e. The van der Waals surface area contributed by atoms with E-state index in [0.29, 0.717) is 23.5 Å². The van der Waals surface area contributed by atoms with Crippen LogP contribution in [0.4, 0.5) is 0 Å². The van der Waals surface area contributed by atoms with Crippen LogP contribution in [-0.4, -0.2) is 35.4 Å². The summed E-state index contributed by atoms with van der Waals surface area (Å²) in [5.74, 6) is -0.869. The second-order valence-corrected chi connectivity index (χ2v) is 5.31. The maximum atomic E-state index is 12.0. The molecule has 9 heteroatoms. The highest BCUT2D eigenvalue weighted by molar-refractivity contribution is 6.04. The monoisotopic (exact) mass is 382 g/mol. The topological polar surface area (TPSA) is 111 Å². The number of benzene rings is 1. The summed E-state index contributed by atoms with van der Waals surface area (Å²) in [7, 11) is 3.89. The molecule has 0 spiro atoms. The molecular formula is C16H20Cl2N6O. The highest BCUT2D eigenvalue weighted by atomic mass is 35.5. The lowest BCUT2D eigenvalue weighted by Crippen LogP contribution is -2.35. The minimum absolute atomic E-state index is 0. The van der Waals surface area contributed by atoms with Crippen molar-refractivity contribution in [1.82, 2.24) is 14.8 Å². The van der Waals surface area contributed by atoms with Gasteiger partial charge in [0.05, 0.1) is 0 Å². The predicted molar refractivity (Wildman–Crippen MR) is 102 cm³/mol. The highest BCUT2D eigenvalue weighted by Crippen LogP contribution is 2.19. The van der Waals surface area contributed by atoms with Gasteiger partial charge < -0.3 is 15.2 Å². The van der Waals surface area contributed by atoms with E-state index in [2.05, 4.69) is 11.4 Å². The number of nitrogens with one attached hydrogen (secondary N) is 2. The van der Waals surface area contributed by atoms with Crippen molar-refractivity contribution in [3.05, 3.63) is 53.3 Å². The van der Waals surface area contributed by atoms with Gasteiger partial charge in [0.1, 0.15) is 11.8 Å². The van der Waals surface area contributed by atoms with Gasteiger partial charge in [-0.3, -0.25) is 15.5 Å². The third-order valence-electron chi connectivity index (χ3n) is 3.17. The molecule has 0 saturated heterocycles. The molecule has 2 rings (SSSR count). The van der Waals surface area contributed by atoms with Gasteiger partial charge in [0.2, 0.25) is 0 Å². The van der Waals surface area contributed by atoms with E-state index < -0.39 is 11.9 Å². The summed E-state index contributed by atoms with van der Waals surface area (Å²) >= 11 is 0. The van der Waals surface area contributed by atoms with Gasteiger partial charge in [0.25, 0.3) is 5.91 Å². The molecule has 0 aliphatic carbocycles. The first-order chi connectivity index (χ1) is 10.9. The number of nitrogens with two attached hydrogens (primary N) is 1. The fourth-order valence-electron chi connectivity index (χ4n) is 2.30.